The van der Waals surface area contributed by atoms with Crippen LogP contribution >= 0.6 is 0 Å². The van der Waals surface area contributed by atoms with Gasteiger partial charge in [0.2, 0.25) is 10.0 Å². The molecule has 1 aliphatic rings. The molecular weight excluding hydrogens is 371 g/mol. The molecule has 0 spiro atoms. The second kappa shape index (κ2) is 7.15. The maximum atomic E-state index is 14.4. The number of hydrogen-bond donors (Lipinski definition) is 0. The normalized spacial score (nSPS) is 15.7. The number of aromatic nitrogens is 2. The Morgan fingerprint density at radius 2 is 2.19 bits per heavy atom. The van der Waals surface area contributed by atoms with E-state index in [0.717, 1.165) is 15.6 Å². The lowest BCUT2D eigenvalue weighted by Gasteiger charge is -2.24. The number of carbonyl (C=O) groups excluding carboxylic acids is 1. The summed E-state index contributed by atoms with van der Waals surface area (Å²) in [4.78, 5) is 13.9. The highest BCUT2D eigenvalue weighted by Gasteiger charge is 2.31. The lowest BCUT2D eigenvalue weighted by atomic mass is 10.2. The van der Waals surface area contributed by atoms with Gasteiger partial charge in [0.1, 0.15) is 5.82 Å². The molecule has 1 aromatic carbocycles. The van der Waals surface area contributed by atoms with Gasteiger partial charge in [0.15, 0.2) is 0 Å². The number of nitrogens with zero attached hydrogens (tertiary/aromatic N) is 4. The zero-order valence-corrected chi connectivity index (χ0v) is 16.0. The fraction of sp³-hybridized carbons (Fsp3) is 0.333. The van der Waals surface area contributed by atoms with E-state index in [1.54, 1.807) is 17.9 Å². The molecule has 2 aromatic rings. The minimum absolute atomic E-state index is 0.0137. The highest BCUT2D eigenvalue weighted by molar-refractivity contribution is 7.93. The van der Waals surface area contributed by atoms with Crippen molar-refractivity contribution in [2.45, 2.75) is 19.9 Å². The molecule has 3 rings (SSSR count). The van der Waals surface area contributed by atoms with Crippen LogP contribution in [0.4, 0.5) is 15.8 Å². The van der Waals surface area contributed by atoms with Crippen molar-refractivity contribution in [1.82, 2.24) is 9.78 Å². The number of rotatable bonds is 5. The van der Waals surface area contributed by atoms with Gasteiger partial charge in [-0.2, -0.15) is 5.10 Å². The van der Waals surface area contributed by atoms with E-state index in [-0.39, 0.29) is 30.4 Å². The summed E-state index contributed by atoms with van der Waals surface area (Å²) in [5.41, 5.74) is 2.06. The molecule has 0 radical (unpaired) electrons. The summed E-state index contributed by atoms with van der Waals surface area (Å²) < 4.78 is 41.5. The Labute approximate surface area is 157 Å². The Balaban J connectivity index is 2.04. The van der Waals surface area contributed by atoms with Crippen LogP contribution in [-0.2, 0) is 28.4 Å². The molecule has 0 N–H and O–H groups in total. The molecule has 1 amide bonds. The van der Waals surface area contributed by atoms with Crippen LogP contribution in [0.25, 0.3) is 0 Å². The minimum atomic E-state index is -3.54. The summed E-state index contributed by atoms with van der Waals surface area (Å²) in [7, 11) is -1.77. The average Bonchev–Trinajstić information content (AvgIpc) is 3.14. The van der Waals surface area contributed by atoms with Crippen LogP contribution in [0.5, 0.6) is 0 Å². The molecule has 1 aliphatic heterocycles. The van der Waals surface area contributed by atoms with E-state index < -0.39 is 15.8 Å². The third-order valence-corrected chi connectivity index (χ3v) is 6.48. The van der Waals surface area contributed by atoms with E-state index in [1.165, 1.54) is 29.2 Å². The average molecular weight is 392 g/mol. The van der Waals surface area contributed by atoms with Crippen molar-refractivity contribution in [1.29, 1.82) is 0 Å². The number of aryl methyl sites for hydroxylation is 2. The number of anilines is 2. The quantitative estimate of drug-likeness (QED) is 0.731. The number of halogens is 1. The molecule has 2 heterocycles. The summed E-state index contributed by atoms with van der Waals surface area (Å²) >= 11 is 0. The molecular formula is C18H21FN4O3S. The summed E-state index contributed by atoms with van der Waals surface area (Å²) in [5.74, 6) is -1.04. The molecule has 144 valence electrons. The number of sulfonamides is 1. The van der Waals surface area contributed by atoms with Gasteiger partial charge >= 0.3 is 0 Å². The molecule has 0 unspecified atom stereocenters. The maximum Gasteiger partial charge on any atom is 0.250 e. The third-order valence-electron chi connectivity index (χ3n) is 4.63. The Hall–Kier alpha value is -2.68. The maximum absolute atomic E-state index is 14.4. The van der Waals surface area contributed by atoms with E-state index in [2.05, 4.69) is 11.7 Å². The molecule has 27 heavy (non-hydrogen) atoms. The molecule has 7 nitrogen and oxygen atoms in total. The second-order valence-corrected chi connectivity index (χ2v) is 8.42. The standard InChI is InChI=1S/C18H21FN4O3S/c1-4-18(24)22(12-17-13(2)11-20-21(17)3)14-6-7-15(19)16(10-14)23-8-5-9-27(23,25)26/h4,6-7,10-11H,1,5,8-9,12H2,2-3H3. The lowest BCUT2D eigenvalue weighted by Crippen LogP contribution is -2.31. The van der Waals surface area contributed by atoms with Crippen LogP contribution in [0.3, 0.4) is 0 Å². The number of amides is 1. The van der Waals surface area contributed by atoms with Crippen molar-refractivity contribution < 1.29 is 17.6 Å². The SMILES string of the molecule is C=CC(=O)N(Cc1c(C)cnn1C)c1ccc(F)c(N2CCCS2(=O)=O)c1. The van der Waals surface area contributed by atoms with Gasteiger partial charge in [-0.15, -0.1) is 0 Å². The van der Waals surface area contributed by atoms with E-state index in [9.17, 15) is 17.6 Å². The number of benzene rings is 1. The fourth-order valence-corrected chi connectivity index (χ4v) is 4.69. The smallest absolute Gasteiger partial charge is 0.250 e. The van der Waals surface area contributed by atoms with Crippen molar-refractivity contribution >= 4 is 27.3 Å². The van der Waals surface area contributed by atoms with Gasteiger partial charge in [-0.1, -0.05) is 6.58 Å². The summed E-state index contributed by atoms with van der Waals surface area (Å²) in [6.45, 7) is 5.83. The van der Waals surface area contributed by atoms with Gasteiger partial charge in [0, 0.05) is 19.3 Å². The first-order chi connectivity index (χ1) is 12.7. The van der Waals surface area contributed by atoms with Crippen LogP contribution in [0, 0.1) is 12.7 Å². The summed E-state index contributed by atoms with van der Waals surface area (Å²) in [6, 6.07) is 4.03. The van der Waals surface area contributed by atoms with Crippen LogP contribution in [0.15, 0.2) is 37.1 Å². The largest absolute Gasteiger partial charge is 0.303 e. The Kier molecular flexibility index (Phi) is 5.05. The van der Waals surface area contributed by atoms with E-state index >= 15 is 0 Å². The van der Waals surface area contributed by atoms with Gasteiger partial charge in [0.05, 0.1) is 29.9 Å². The van der Waals surface area contributed by atoms with Gasteiger partial charge in [-0.3, -0.25) is 13.8 Å². The van der Waals surface area contributed by atoms with Gasteiger partial charge in [-0.25, -0.2) is 12.8 Å². The van der Waals surface area contributed by atoms with E-state index in [0.29, 0.717) is 12.1 Å². The first kappa shape index (κ1) is 19.1. The molecule has 0 aliphatic carbocycles. The second-order valence-electron chi connectivity index (χ2n) is 6.40. The Morgan fingerprint density at radius 1 is 1.44 bits per heavy atom. The summed E-state index contributed by atoms with van der Waals surface area (Å²) in [6.07, 6.45) is 3.30. The number of carbonyl (C=O) groups is 1. The topological polar surface area (TPSA) is 75.5 Å². The molecule has 1 fully saturated rings. The molecule has 0 atom stereocenters. The Morgan fingerprint density at radius 3 is 2.74 bits per heavy atom. The van der Waals surface area contributed by atoms with Gasteiger partial charge in [-0.05, 0) is 43.2 Å². The van der Waals surface area contributed by atoms with Crippen molar-refractivity contribution in [2.75, 3.05) is 21.5 Å². The van der Waals surface area contributed by atoms with Gasteiger partial charge in [0.25, 0.3) is 5.91 Å². The lowest BCUT2D eigenvalue weighted by molar-refractivity contribution is -0.114. The molecule has 1 aromatic heterocycles. The van der Waals surface area contributed by atoms with E-state index in [4.69, 9.17) is 0 Å². The van der Waals surface area contributed by atoms with Crippen molar-refractivity contribution in [3.8, 4) is 0 Å². The van der Waals surface area contributed by atoms with Crippen molar-refractivity contribution in [3.05, 3.63) is 54.1 Å². The molecule has 0 saturated carbocycles. The van der Waals surface area contributed by atoms with Crippen LogP contribution in [-0.4, -0.2) is 36.4 Å². The monoisotopic (exact) mass is 392 g/mol. The highest BCUT2D eigenvalue weighted by Crippen LogP contribution is 2.31. The molecule has 9 heteroatoms. The Bertz CT molecular complexity index is 981. The predicted octanol–water partition coefficient (Wildman–Crippen LogP) is 2.13. The summed E-state index contributed by atoms with van der Waals surface area (Å²) in [5, 5.41) is 4.17. The zero-order chi connectivity index (χ0) is 19.8. The van der Waals surface area contributed by atoms with Crippen LogP contribution < -0.4 is 9.21 Å². The van der Waals surface area contributed by atoms with Crippen molar-refractivity contribution in [2.24, 2.45) is 7.05 Å². The van der Waals surface area contributed by atoms with Crippen LogP contribution in [0.1, 0.15) is 17.7 Å². The molecule has 1 saturated heterocycles. The first-order valence-electron chi connectivity index (χ1n) is 8.46. The third kappa shape index (κ3) is 3.59. The van der Waals surface area contributed by atoms with Gasteiger partial charge < -0.3 is 4.90 Å². The number of hydrogen-bond acceptors (Lipinski definition) is 4. The minimum Gasteiger partial charge on any atom is -0.303 e. The zero-order valence-electron chi connectivity index (χ0n) is 15.2. The highest BCUT2D eigenvalue weighted by atomic mass is 32.2. The van der Waals surface area contributed by atoms with Crippen LogP contribution in [0.2, 0.25) is 0 Å². The first-order valence-corrected chi connectivity index (χ1v) is 10.1. The van der Waals surface area contributed by atoms with Crippen molar-refractivity contribution in [3.63, 3.8) is 0 Å². The molecule has 0 bridgehead atoms. The fourth-order valence-electron chi connectivity index (χ4n) is 3.13. The van der Waals surface area contributed by atoms with E-state index in [1.807, 2.05) is 6.92 Å². The predicted molar refractivity (Wildman–Crippen MR) is 101 cm³/mol.